The van der Waals surface area contributed by atoms with Crippen LogP contribution in [-0.2, 0) is 10.2 Å². The van der Waals surface area contributed by atoms with Crippen molar-refractivity contribution in [3.8, 4) is 11.5 Å². The minimum absolute atomic E-state index is 0.130. The Morgan fingerprint density at radius 3 is 2.91 bits per heavy atom. The number of nitrogens with zero attached hydrogens (tertiary/aromatic N) is 1. The second-order valence-corrected chi connectivity index (χ2v) is 9.48. The summed E-state index contributed by atoms with van der Waals surface area (Å²) in [5.41, 5.74) is 9.61. The Bertz CT molecular complexity index is 1060. The largest absolute Gasteiger partial charge is 0.497 e. The van der Waals surface area contributed by atoms with Gasteiger partial charge < -0.3 is 20.1 Å². The fourth-order valence-corrected chi connectivity index (χ4v) is 6.35. The van der Waals surface area contributed by atoms with Crippen LogP contribution in [0.3, 0.4) is 0 Å². The Labute approximate surface area is 187 Å². The number of pyridine rings is 1. The first kappa shape index (κ1) is 19.8. The summed E-state index contributed by atoms with van der Waals surface area (Å²) in [5.74, 6) is 3.12. The van der Waals surface area contributed by atoms with E-state index in [0.717, 1.165) is 54.1 Å². The second kappa shape index (κ2) is 7.35. The Balaban J connectivity index is 1.16. The number of aromatic nitrogens is 1. The highest BCUT2D eigenvalue weighted by atomic mass is 16.5. The predicted octanol–water partition coefficient (Wildman–Crippen LogP) is 2.64. The van der Waals surface area contributed by atoms with E-state index in [1.54, 1.807) is 26.6 Å². The van der Waals surface area contributed by atoms with Gasteiger partial charge in [-0.25, -0.2) is 5.43 Å². The molecule has 0 bridgehead atoms. The van der Waals surface area contributed by atoms with Crippen LogP contribution >= 0.6 is 0 Å². The normalized spacial score (nSPS) is 34.6. The van der Waals surface area contributed by atoms with Crippen LogP contribution in [-0.4, -0.2) is 37.3 Å². The number of anilines is 2. The minimum Gasteiger partial charge on any atom is -0.497 e. The van der Waals surface area contributed by atoms with Gasteiger partial charge in [0.1, 0.15) is 5.75 Å². The molecular formula is C24H29N5O3. The summed E-state index contributed by atoms with van der Waals surface area (Å²) < 4.78 is 10.9. The average molecular weight is 436 g/mol. The van der Waals surface area contributed by atoms with Crippen LogP contribution in [0.4, 0.5) is 11.4 Å². The fourth-order valence-electron chi connectivity index (χ4n) is 6.35. The van der Waals surface area contributed by atoms with E-state index in [1.807, 2.05) is 18.2 Å². The molecule has 2 saturated carbocycles. The maximum absolute atomic E-state index is 13.0. The van der Waals surface area contributed by atoms with E-state index >= 15 is 0 Å². The summed E-state index contributed by atoms with van der Waals surface area (Å²) in [4.78, 5) is 17.1. The zero-order valence-corrected chi connectivity index (χ0v) is 18.4. The Hall–Kier alpha value is -2.84. The van der Waals surface area contributed by atoms with Crippen molar-refractivity contribution >= 4 is 17.3 Å². The number of carbonyl (C=O) groups excluding carboxylic acids is 1. The van der Waals surface area contributed by atoms with Crippen LogP contribution in [0.2, 0.25) is 0 Å². The van der Waals surface area contributed by atoms with Gasteiger partial charge in [0.25, 0.3) is 0 Å². The average Bonchev–Trinajstić information content (AvgIpc) is 3.38. The smallest absolute Gasteiger partial charge is 0.235 e. The Kier molecular flexibility index (Phi) is 4.55. The van der Waals surface area contributed by atoms with Gasteiger partial charge in [-0.1, -0.05) is 0 Å². The van der Waals surface area contributed by atoms with Crippen LogP contribution in [0.25, 0.3) is 0 Å². The molecule has 1 spiro atoms. The molecule has 4 unspecified atom stereocenters. The Morgan fingerprint density at radius 1 is 1.16 bits per heavy atom. The number of nitrogens with one attached hydrogen (secondary N) is 4. The molecule has 1 aromatic carbocycles. The number of amides is 1. The van der Waals surface area contributed by atoms with Crippen molar-refractivity contribution in [1.29, 1.82) is 0 Å². The highest BCUT2D eigenvalue weighted by Crippen LogP contribution is 2.65. The molecule has 6 rings (SSSR count). The molecule has 8 heteroatoms. The van der Waals surface area contributed by atoms with Gasteiger partial charge in [0, 0.05) is 23.8 Å². The van der Waals surface area contributed by atoms with Gasteiger partial charge in [0.05, 0.1) is 37.7 Å². The van der Waals surface area contributed by atoms with Crippen LogP contribution < -0.4 is 31.0 Å². The van der Waals surface area contributed by atoms with Gasteiger partial charge in [-0.2, -0.15) is 0 Å². The number of benzene rings is 1. The maximum Gasteiger partial charge on any atom is 0.235 e. The summed E-state index contributed by atoms with van der Waals surface area (Å²) in [6.45, 7) is 0. The number of hydrogen-bond acceptors (Lipinski definition) is 7. The molecule has 8 nitrogen and oxygen atoms in total. The lowest BCUT2D eigenvalue weighted by Crippen LogP contribution is -2.39. The minimum atomic E-state index is -0.366. The quantitative estimate of drug-likeness (QED) is 0.573. The van der Waals surface area contributed by atoms with Crippen LogP contribution in [0.15, 0.2) is 36.7 Å². The first-order valence-electron chi connectivity index (χ1n) is 11.4. The highest BCUT2D eigenvalue weighted by Gasteiger charge is 2.67. The van der Waals surface area contributed by atoms with Crippen LogP contribution in [0.5, 0.6) is 11.5 Å². The molecule has 6 atom stereocenters. The highest BCUT2D eigenvalue weighted by molar-refractivity contribution is 6.09. The van der Waals surface area contributed by atoms with E-state index in [2.05, 4.69) is 32.5 Å². The predicted molar refractivity (Wildman–Crippen MR) is 120 cm³/mol. The lowest BCUT2D eigenvalue weighted by atomic mass is 9.74. The molecule has 4 N–H and O–H groups in total. The van der Waals surface area contributed by atoms with Gasteiger partial charge in [0.15, 0.2) is 5.75 Å². The molecule has 0 radical (unpaired) electrons. The van der Waals surface area contributed by atoms with Crippen LogP contribution in [0.1, 0.15) is 31.2 Å². The molecule has 1 saturated heterocycles. The molecule has 168 valence electrons. The zero-order valence-electron chi connectivity index (χ0n) is 18.4. The first-order valence-corrected chi connectivity index (χ1v) is 11.4. The van der Waals surface area contributed by atoms with Crippen molar-refractivity contribution < 1.29 is 14.3 Å². The summed E-state index contributed by atoms with van der Waals surface area (Å²) in [6, 6.07) is 8.26. The first-order chi connectivity index (χ1) is 15.6. The number of rotatable bonds is 5. The van der Waals surface area contributed by atoms with Crippen molar-refractivity contribution in [3.63, 3.8) is 0 Å². The van der Waals surface area contributed by atoms with E-state index in [0.29, 0.717) is 23.8 Å². The summed E-state index contributed by atoms with van der Waals surface area (Å²) in [7, 11) is 3.34. The van der Waals surface area contributed by atoms with E-state index < -0.39 is 0 Å². The zero-order chi connectivity index (χ0) is 21.9. The monoisotopic (exact) mass is 435 g/mol. The van der Waals surface area contributed by atoms with E-state index in [1.165, 1.54) is 0 Å². The number of hydrogen-bond donors (Lipinski definition) is 4. The number of ether oxygens (including phenoxy) is 2. The molecule has 2 aliphatic carbocycles. The second-order valence-electron chi connectivity index (χ2n) is 9.48. The maximum atomic E-state index is 13.0. The number of carbonyl (C=O) groups is 1. The number of methoxy groups -OCH3 is 2. The lowest BCUT2D eigenvalue weighted by molar-refractivity contribution is -0.118. The van der Waals surface area contributed by atoms with Gasteiger partial charge in [-0.15, -0.1) is 0 Å². The summed E-state index contributed by atoms with van der Waals surface area (Å²) in [5, 5.41) is 6.70. The van der Waals surface area contributed by atoms with E-state index in [4.69, 9.17) is 9.47 Å². The van der Waals surface area contributed by atoms with Crippen molar-refractivity contribution in [3.05, 3.63) is 42.2 Å². The fraction of sp³-hybridized carbons (Fsp3) is 0.500. The molecule has 1 aromatic heterocycles. The van der Waals surface area contributed by atoms with Crippen molar-refractivity contribution in [2.45, 2.75) is 43.3 Å². The molecule has 2 aromatic rings. The third-order valence-electron chi connectivity index (χ3n) is 8.06. The lowest BCUT2D eigenvalue weighted by Gasteiger charge is -2.34. The Morgan fingerprint density at radius 2 is 2.06 bits per heavy atom. The standard InChI is InChI=1S/C24H29N5O3/c1-31-14-4-6-18-16(10-14)24(23(30)27-18)11-17(24)13-3-5-15-20(9-13)28-29-22(15)26-19-7-8-25-12-21(19)32-2/h4,6-8,10,12-13,15,17,20,22,28-29H,3,5,9,11H2,1-2H3,(H,25,26)(H,27,30)/t13?,15?,17-,20?,22?,24-/m0/s1. The van der Waals surface area contributed by atoms with E-state index in [-0.39, 0.29) is 17.5 Å². The third kappa shape index (κ3) is 2.89. The molecule has 1 amide bonds. The van der Waals surface area contributed by atoms with Gasteiger partial charge in [-0.05, 0) is 67.3 Å². The molecule has 2 aliphatic heterocycles. The molecule has 3 fully saturated rings. The van der Waals surface area contributed by atoms with E-state index in [9.17, 15) is 4.79 Å². The van der Waals surface area contributed by atoms with Gasteiger partial charge in [-0.3, -0.25) is 15.2 Å². The topological polar surface area (TPSA) is 96.5 Å². The van der Waals surface area contributed by atoms with Gasteiger partial charge >= 0.3 is 0 Å². The summed E-state index contributed by atoms with van der Waals surface area (Å²) in [6.07, 6.45) is 7.88. The summed E-state index contributed by atoms with van der Waals surface area (Å²) >= 11 is 0. The van der Waals surface area contributed by atoms with Crippen molar-refractivity contribution in [2.24, 2.45) is 17.8 Å². The SMILES string of the molecule is COc1ccc2c(c1)[C@]1(C[C@H]1C1CCC3C(C1)NNC3Nc1ccncc1OC)C(=O)N2. The molecule has 32 heavy (non-hydrogen) atoms. The van der Waals surface area contributed by atoms with Crippen molar-refractivity contribution in [1.82, 2.24) is 15.8 Å². The molecular weight excluding hydrogens is 406 g/mol. The van der Waals surface area contributed by atoms with Crippen molar-refractivity contribution in [2.75, 3.05) is 24.9 Å². The van der Waals surface area contributed by atoms with Crippen LogP contribution in [0, 0.1) is 17.8 Å². The molecule has 4 aliphatic rings. The number of fused-ring (bicyclic) bond motifs is 3. The van der Waals surface area contributed by atoms with Gasteiger partial charge in [0.2, 0.25) is 5.91 Å². The third-order valence-corrected chi connectivity index (χ3v) is 8.06. The number of hydrazine groups is 1. The molecule has 3 heterocycles.